The standard InChI is InChI=1S/C40H68N10O9S/c1-22(2)18-29(47-33(52)26(41)21-51)35(54)48-30(19-23(3)4)36(55)49-31(20-25-12-9-8-10-13-25)37(56)45-27(14-11-16-44-40(42)43)34(53)50-32(24(5)6)38(57)46-28(39(58)59)15-17-60-7/h8-10,12-13,22-24,26-32,51H,11,14-21,41H2,1-7H3,(H,45,56)(H,46,57)(H,47,52)(H,48,54)(H,49,55)(H,50,53)(H,58,59)(H4,42,43,44)/t26-,27-,28-,29-,30-,31-,32-/m0/s1. The first kappa shape index (κ1) is 53.1. The number of thioether (sulfide) groups is 1. The first-order valence-electron chi connectivity index (χ1n) is 20.2. The van der Waals surface area contributed by atoms with E-state index >= 15 is 0 Å². The molecule has 0 unspecified atom stereocenters. The molecule has 1 aromatic rings. The molecule has 0 aliphatic carbocycles. The molecule has 0 aliphatic rings. The number of nitrogens with zero attached hydrogens (tertiary/aromatic N) is 1. The summed E-state index contributed by atoms with van der Waals surface area (Å²) in [6.45, 7) is 10.2. The van der Waals surface area contributed by atoms with Crippen molar-refractivity contribution in [2.24, 2.45) is 39.9 Å². The maximum Gasteiger partial charge on any atom is 0.326 e. The van der Waals surface area contributed by atoms with Gasteiger partial charge in [0.05, 0.1) is 6.61 Å². The number of carbonyl (C=O) groups excluding carboxylic acids is 6. The maximum atomic E-state index is 14.2. The number of nitrogens with two attached hydrogens (primary N) is 3. The smallest absolute Gasteiger partial charge is 0.326 e. The Morgan fingerprint density at radius 2 is 1.15 bits per heavy atom. The van der Waals surface area contributed by atoms with Crippen molar-refractivity contribution in [1.29, 1.82) is 0 Å². The van der Waals surface area contributed by atoms with Crippen LogP contribution in [0.1, 0.15) is 79.2 Å². The number of carboxylic acid groups (broad SMARTS) is 1. The number of benzene rings is 1. The number of carbonyl (C=O) groups is 7. The number of hydrogen-bond acceptors (Lipinski definition) is 11. The molecule has 1 aromatic carbocycles. The molecule has 338 valence electrons. The molecule has 0 aliphatic heterocycles. The molecule has 0 heterocycles. The first-order chi connectivity index (χ1) is 28.2. The quantitative estimate of drug-likeness (QED) is 0.0277. The molecule has 19 nitrogen and oxygen atoms in total. The van der Waals surface area contributed by atoms with E-state index in [1.807, 2.05) is 34.0 Å². The molecule has 0 spiro atoms. The highest BCUT2D eigenvalue weighted by Gasteiger charge is 2.35. The van der Waals surface area contributed by atoms with Gasteiger partial charge in [0.15, 0.2) is 5.96 Å². The van der Waals surface area contributed by atoms with E-state index in [-0.39, 0.29) is 62.9 Å². The predicted octanol–water partition coefficient (Wildman–Crippen LogP) is -0.903. The second-order valence-corrected chi connectivity index (χ2v) is 16.8. The largest absolute Gasteiger partial charge is 0.480 e. The van der Waals surface area contributed by atoms with E-state index in [1.54, 1.807) is 44.2 Å². The number of aliphatic hydroxyl groups excluding tert-OH is 1. The highest BCUT2D eigenvalue weighted by molar-refractivity contribution is 7.98. The van der Waals surface area contributed by atoms with Crippen LogP contribution < -0.4 is 49.1 Å². The Balaban J connectivity index is 3.51. The van der Waals surface area contributed by atoms with E-state index < -0.39 is 96.2 Å². The van der Waals surface area contributed by atoms with Crippen LogP contribution in [0.15, 0.2) is 35.3 Å². The molecule has 14 N–H and O–H groups in total. The van der Waals surface area contributed by atoms with Gasteiger partial charge in [-0.1, -0.05) is 71.9 Å². The number of hydrogen-bond donors (Lipinski definition) is 11. The van der Waals surface area contributed by atoms with Gasteiger partial charge in [-0.15, -0.1) is 0 Å². The van der Waals surface area contributed by atoms with Gasteiger partial charge in [0, 0.05) is 13.0 Å². The van der Waals surface area contributed by atoms with Gasteiger partial charge in [0.2, 0.25) is 35.4 Å². The fourth-order valence-corrected chi connectivity index (χ4v) is 6.43. The summed E-state index contributed by atoms with van der Waals surface area (Å²) in [5.74, 6) is -5.87. The molecule has 60 heavy (non-hydrogen) atoms. The van der Waals surface area contributed by atoms with Gasteiger partial charge >= 0.3 is 5.97 Å². The van der Waals surface area contributed by atoms with Crippen molar-refractivity contribution in [3.8, 4) is 0 Å². The predicted molar refractivity (Wildman–Crippen MR) is 231 cm³/mol. The van der Waals surface area contributed by atoms with Crippen LogP contribution in [0.5, 0.6) is 0 Å². The van der Waals surface area contributed by atoms with Gasteiger partial charge in [-0.25, -0.2) is 4.79 Å². The number of carboxylic acids is 1. The van der Waals surface area contributed by atoms with E-state index in [1.165, 1.54) is 11.8 Å². The van der Waals surface area contributed by atoms with Crippen molar-refractivity contribution >= 4 is 59.1 Å². The van der Waals surface area contributed by atoms with Gasteiger partial charge < -0.3 is 59.3 Å². The van der Waals surface area contributed by atoms with Crippen LogP contribution in [-0.2, 0) is 40.0 Å². The molecule has 20 heteroatoms. The molecule has 7 atom stereocenters. The Kier molecular flexibility index (Phi) is 24.5. The van der Waals surface area contributed by atoms with E-state index in [2.05, 4.69) is 36.9 Å². The summed E-state index contributed by atoms with van der Waals surface area (Å²) >= 11 is 1.42. The minimum absolute atomic E-state index is 0.00714. The molecule has 6 amide bonds. The van der Waals surface area contributed by atoms with Crippen molar-refractivity contribution in [3.63, 3.8) is 0 Å². The van der Waals surface area contributed by atoms with Crippen LogP contribution >= 0.6 is 11.8 Å². The molecule has 0 radical (unpaired) electrons. The molecule has 0 saturated carbocycles. The summed E-state index contributed by atoms with van der Waals surface area (Å²) < 4.78 is 0. The number of rotatable bonds is 28. The second-order valence-electron chi connectivity index (χ2n) is 15.8. The lowest BCUT2D eigenvalue weighted by Crippen LogP contribution is -2.60. The fourth-order valence-electron chi connectivity index (χ4n) is 5.96. The van der Waals surface area contributed by atoms with Gasteiger partial charge in [0.1, 0.15) is 42.3 Å². The van der Waals surface area contributed by atoms with Crippen molar-refractivity contribution in [1.82, 2.24) is 31.9 Å². The SMILES string of the molecule is CSCC[C@H](NC(=O)[C@@H](NC(=O)[C@H](CCCN=C(N)N)NC(=O)[C@H](Cc1ccccc1)NC(=O)[C@H](CC(C)C)NC(=O)[C@H](CC(C)C)NC(=O)[C@@H](N)CO)C(C)C)C(=O)O. The van der Waals surface area contributed by atoms with E-state index in [0.29, 0.717) is 11.3 Å². The lowest BCUT2D eigenvalue weighted by molar-refractivity contribution is -0.142. The zero-order chi connectivity index (χ0) is 45.5. The van der Waals surface area contributed by atoms with Crippen molar-refractivity contribution in [3.05, 3.63) is 35.9 Å². The van der Waals surface area contributed by atoms with Crippen LogP contribution in [0, 0.1) is 17.8 Å². The fraction of sp³-hybridized carbons (Fsp3) is 0.650. The van der Waals surface area contributed by atoms with Gasteiger partial charge in [-0.2, -0.15) is 11.8 Å². The zero-order valence-electron chi connectivity index (χ0n) is 35.9. The Labute approximate surface area is 357 Å². The van der Waals surface area contributed by atoms with Gasteiger partial charge in [-0.3, -0.25) is 33.8 Å². The first-order valence-corrected chi connectivity index (χ1v) is 21.6. The number of guanidine groups is 1. The average Bonchev–Trinajstić information content (AvgIpc) is 3.17. The van der Waals surface area contributed by atoms with Gasteiger partial charge in [0.25, 0.3) is 0 Å². The minimum atomic E-state index is -1.27. The zero-order valence-corrected chi connectivity index (χ0v) is 36.7. The normalized spacial score (nSPS) is 14.7. The Morgan fingerprint density at radius 3 is 1.63 bits per heavy atom. The molecule has 0 bridgehead atoms. The Morgan fingerprint density at radius 1 is 0.667 bits per heavy atom. The number of aliphatic hydroxyl groups is 1. The van der Waals surface area contributed by atoms with Crippen LogP contribution in [-0.4, -0.2) is 125 Å². The van der Waals surface area contributed by atoms with E-state index in [4.69, 9.17) is 17.2 Å². The van der Waals surface area contributed by atoms with E-state index in [0.717, 1.165) is 0 Å². The van der Waals surface area contributed by atoms with E-state index in [9.17, 15) is 43.8 Å². The molecule has 0 fully saturated rings. The lowest BCUT2D eigenvalue weighted by atomic mass is 9.98. The van der Waals surface area contributed by atoms with Crippen molar-refractivity contribution in [2.45, 2.75) is 122 Å². The third kappa shape index (κ3) is 20.3. The third-order valence-corrected chi connectivity index (χ3v) is 9.82. The topological polar surface area (TPSA) is 323 Å². The van der Waals surface area contributed by atoms with Gasteiger partial charge in [-0.05, 0) is 67.4 Å². The lowest BCUT2D eigenvalue weighted by Gasteiger charge is -2.29. The monoisotopic (exact) mass is 864 g/mol. The van der Waals surface area contributed by atoms with Crippen LogP contribution in [0.25, 0.3) is 0 Å². The number of aliphatic carboxylic acids is 1. The summed E-state index contributed by atoms with van der Waals surface area (Å²) in [6, 6.07) is 0.413. The second kappa shape index (κ2) is 27.7. The number of amides is 6. The summed E-state index contributed by atoms with van der Waals surface area (Å²) in [4.78, 5) is 97.6. The summed E-state index contributed by atoms with van der Waals surface area (Å²) in [6.07, 6.45) is 2.54. The summed E-state index contributed by atoms with van der Waals surface area (Å²) in [5.41, 5.74) is 17.3. The Hall–Kier alpha value is -4.95. The third-order valence-electron chi connectivity index (χ3n) is 9.18. The van der Waals surface area contributed by atoms with Crippen LogP contribution in [0.3, 0.4) is 0 Å². The molecular weight excluding hydrogens is 797 g/mol. The summed E-state index contributed by atoms with van der Waals surface area (Å²) in [5, 5.41) is 35.0. The van der Waals surface area contributed by atoms with Crippen molar-refractivity contribution in [2.75, 3.05) is 25.2 Å². The average molecular weight is 865 g/mol. The number of nitrogens with one attached hydrogen (secondary N) is 6. The molecule has 0 saturated heterocycles. The molecule has 1 rings (SSSR count). The maximum absolute atomic E-state index is 14.2. The molecular formula is C40H68N10O9S. The molecule has 0 aromatic heterocycles. The highest BCUT2D eigenvalue weighted by Crippen LogP contribution is 2.13. The van der Waals surface area contributed by atoms with Crippen LogP contribution in [0.2, 0.25) is 0 Å². The summed E-state index contributed by atoms with van der Waals surface area (Å²) in [7, 11) is 0. The minimum Gasteiger partial charge on any atom is -0.480 e. The van der Waals surface area contributed by atoms with Crippen LogP contribution in [0.4, 0.5) is 0 Å². The Bertz CT molecular complexity index is 1580. The number of aliphatic imine (C=N–C) groups is 1. The highest BCUT2D eigenvalue weighted by atomic mass is 32.2. The van der Waals surface area contributed by atoms with Crippen molar-refractivity contribution < 1.29 is 43.8 Å².